The Balaban J connectivity index is 2.34. The fourth-order valence-electron chi connectivity index (χ4n) is 1.41. The van der Waals surface area contributed by atoms with Gasteiger partial charge in [0, 0.05) is 17.0 Å². The lowest BCUT2D eigenvalue weighted by Crippen LogP contribution is -2.08. The molecule has 0 atom stereocenters. The first-order chi connectivity index (χ1) is 8.08. The Morgan fingerprint density at radius 3 is 2.76 bits per heavy atom. The van der Waals surface area contributed by atoms with E-state index in [9.17, 15) is 0 Å². The normalized spacial score (nSPS) is 10.9. The quantitative estimate of drug-likeness (QED) is 0.865. The number of halogens is 2. The molecule has 5 heteroatoms. The number of rotatable bonds is 3. The SMILES string of the molecule is CC(C)Nc1nc(-c2cccc(Cl)c2Cl)cs1. The smallest absolute Gasteiger partial charge is 0.183 e. The molecule has 1 N–H and O–H groups in total. The summed E-state index contributed by atoms with van der Waals surface area (Å²) in [5, 5.41) is 7.23. The molecule has 90 valence electrons. The summed E-state index contributed by atoms with van der Waals surface area (Å²) in [5.74, 6) is 0. The summed E-state index contributed by atoms with van der Waals surface area (Å²) in [7, 11) is 0. The first-order valence-electron chi connectivity index (χ1n) is 5.24. The Bertz CT molecular complexity index is 523. The molecule has 0 aliphatic rings. The van der Waals surface area contributed by atoms with Crippen LogP contribution in [0.25, 0.3) is 11.3 Å². The van der Waals surface area contributed by atoms with Crippen molar-refractivity contribution < 1.29 is 0 Å². The third-order valence-corrected chi connectivity index (χ3v) is 3.74. The van der Waals surface area contributed by atoms with E-state index in [1.54, 1.807) is 17.4 Å². The molecule has 0 aliphatic carbocycles. The molecule has 0 saturated heterocycles. The molecular weight excluding hydrogens is 275 g/mol. The van der Waals surface area contributed by atoms with E-state index >= 15 is 0 Å². The van der Waals surface area contributed by atoms with Crippen molar-refractivity contribution in [1.29, 1.82) is 0 Å². The summed E-state index contributed by atoms with van der Waals surface area (Å²) in [6.07, 6.45) is 0. The maximum Gasteiger partial charge on any atom is 0.183 e. The standard InChI is InChI=1S/C12H12Cl2N2S/c1-7(2)15-12-16-10(6-17-12)8-4-3-5-9(13)11(8)14/h3-7H,1-2H3,(H,15,16). The lowest BCUT2D eigenvalue weighted by Gasteiger charge is -2.05. The Kier molecular flexibility index (Phi) is 3.92. The zero-order chi connectivity index (χ0) is 12.4. The number of aromatic nitrogens is 1. The molecule has 0 radical (unpaired) electrons. The molecule has 0 aliphatic heterocycles. The first-order valence-corrected chi connectivity index (χ1v) is 6.88. The van der Waals surface area contributed by atoms with Gasteiger partial charge in [0.15, 0.2) is 5.13 Å². The fourth-order valence-corrected chi connectivity index (χ4v) is 2.67. The van der Waals surface area contributed by atoms with Gasteiger partial charge in [0.2, 0.25) is 0 Å². The highest BCUT2D eigenvalue weighted by Crippen LogP contribution is 2.34. The van der Waals surface area contributed by atoms with Crippen molar-refractivity contribution in [3.63, 3.8) is 0 Å². The maximum absolute atomic E-state index is 6.16. The number of hydrogen-bond acceptors (Lipinski definition) is 3. The number of benzene rings is 1. The van der Waals surface area contributed by atoms with Crippen LogP contribution in [0, 0.1) is 0 Å². The predicted molar refractivity (Wildman–Crippen MR) is 76.3 cm³/mol. The highest BCUT2D eigenvalue weighted by Gasteiger charge is 2.10. The Morgan fingerprint density at radius 2 is 2.06 bits per heavy atom. The minimum atomic E-state index is 0.365. The molecule has 2 nitrogen and oxygen atoms in total. The number of nitrogens with zero attached hydrogens (tertiary/aromatic N) is 1. The van der Waals surface area contributed by atoms with E-state index in [4.69, 9.17) is 23.2 Å². The molecule has 1 heterocycles. The minimum Gasteiger partial charge on any atom is -0.359 e. The van der Waals surface area contributed by atoms with Gasteiger partial charge < -0.3 is 5.32 Å². The van der Waals surface area contributed by atoms with Crippen LogP contribution in [0.1, 0.15) is 13.8 Å². The molecule has 0 fully saturated rings. The largest absolute Gasteiger partial charge is 0.359 e. The first kappa shape index (κ1) is 12.7. The molecule has 1 aromatic carbocycles. The molecule has 0 amide bonds. The molecule has 0 spiro atoms. The predicted octanol–water partition coefficient (Wildman–Crippen LogP) is 4.94. The lowest BCUT2D eigenvalue weighted by atomic mass is 10.2. The van der Waals surface area contributed by atoms with Crippen molar-refractivity contribution in [1.82, 2.24) is 4.98 Å². The summed E-state index contributed by atoms with van der Waals surface area (Å²) in [6, 6.07) is 5.93. The van der Waals surface area contributed by atoms with Crippen LogP contribution < -0.4 is 5.32 Å². The van der Waals surface area contributed by atoms with Crippen LogP contribution in [0.4, 0.5) is 5.13 Å². The van der Waals surface area contributed by atoms with Gasteiger partial charge in [-0.15, -0.1) is 11.3 Å². The zero-order valence-electron chi connectivity index (χ0n) is 9.50. The van der Waals surface area contributed by atoms with Crippen LogP contribution in [0.5, 0.6) is 0 Å². The van der Waals surface area contributed by atoms with E-state index in [1.165, 1.54) is 0 Å². The molecule has 0 saturated carbocycles. The second-order valence-electron chi connectivity index (χ2n) is 3.94. The van der Waals surface area contributed by atoms with E-state index in [0.717, 1.165) is 16.4 Å². The summed E-state index contributed by atoms with van der Waals surface area (Å²) >= 11 is 13.7. The Morgan fingerprint density at radius 1 is 1.29 bits per heavy atom. The van der Waals surface area contributed by atoms with Gasteiger partial charge in [0.25, 0.3) is 0 Å². The van der Waals surface area contributed by atoms with E-state index in [2.05, 4.69) is 24.1 Å². The number of nitrogens with one attached hydrogen (secondary N) is 1. The molecule has 0 bridgehead atoms. The number of anilines is 1. The second-order valence-corrected chi connectivity index (χ2v) is 5.58. The van der Waals surface area contributed by atoms with Crippen LogP contribution >= 0.6 is 34.5 Å². The second kappa shape index (κ2) is 5.25. The zero-order valence-corrected chi connectivity index (χ0v) is 11.8. The summed E-state index contributed by atoms with van der Waals surface area (Å²) < 4.78 is 0. The summed E-state index contributed by atoms with van der Waals surface area (Å²) in [4.78, 5) is 4.49. The van der Waals surface area contributed by atoms with Crippen LogP contribution in [0.15, 0.2) is 23.6 Å². The third-order valence-electron chi connectivity index (χ3n) is 2.14. The van der Waals surface area contributed by atoms with Gasteiger partial charge in [0.1, 0.15) is 0 Å². The van der Waals surface area contributed by atoms with Crippen molar-refractivity contribution in [2.75, 3.05) is 5.32 Å². The molecule has 2 rings (SSSR count). The van der Waals surface area contributed by atoms with Crippen molar-refractivity contribution in [2.45, 2.75) is 19.9 Å². The van der Waals surface area contributed by atoms with Crippen LogP contribution in [-0.4, -0.2) is 11.0 Å². The van der Waals surface area contributed by atoms with E-state index in [0.29, 0.717) is 16.1 Å². The van der Waals surface area contributed by atoms with Crippen molar-refractivity contribution in [2.24, 2.45) is 0 Å². The van der Waals surface area contributed by atoms with Crippen LogP contribution in [-0.2, 0) is 0 Å². The Labute approximate surface area is 115 Å². The maximum atomic E-state index is 6.16. The van der Waals surface area contributed by atoms with Crippen LogP contribution in [0.3, 0.4) is 0 Å². The third kappa shape index (κ3) is 2.92. The van der Waals surface area contributed by atoms with Crippen LogP contribution in [0.2, 0.25) is 10.0 Å². The van der Waals surface area contributed by atoms with E-state index in [-0.39, 0.29) is 0 Å². The Hall–Kier alpha value is -0.770. The highest BCUT2D eigenvalue weighted by atomic mass is 35.5. The monoisotopic (exact) mass is 286 g/mol. The van der Waals surface area contributed by atoms with Gasteiger partial charge >= 0.3 is 0 Å². The van der Waals surface area contributed by atoms with Gasteiger partial charge in [-0.25, -0.2) is 4.98 Å². The van der Waals surface area contributed by atoms with Gasteiger partial charge in [-0.2, -0.15) is 0 Å². The fraction of sp³-hybridized carbons (Fsp3) is 0.250. The molecular formula is C12H12Cl2N2S. The van der Waals surface area contributed by atoms with E-state index < -0.39 is 0 Å². The molecule has 0 unspecified atom stereocenters. The highest BCUT2D eigenvalue weighted by molar-refractivity contribution is 7.14. The average molecular weight is 287 g/mol. The molecule has 17 heavy (non-hydrogen) atoms. The summed E-state index contributed by atoms with van der Waals surface area (Å²) in [5.41, 5.74) is 1.72. The minimum absolute atomic E-state index is 0.365. The van der Waals surface area contributed by atoms with Gasteiger partial charge in [-0.05, 0) is 19.9 Å². The van der Waals surface area contributed by atoms with Gasteiger partial charge in [-0.3, -0.25) is 0 Å². The molecule has 2 aromatic rings. The summed E-state index contributed by atoms with van der Waals surface area (Å²) in [6.45, 7) is 4.15. The number of thiazole rings is 1. The van der Waals surface area contributed by atoms with Crippen molar-refractivity contribution in [3.05, 3.63) is 33.6 Å². The van der Waals surface area contributed by atoms with E-state index in [1.807, 2.05) is 17.5 Å². The van der Waals surface area contributed by atoms with Crippen molar-refractivity contribution in [3.8, 4) is 11.3 Å². The van der Waals surface area contributed by atoms with Crippen molar-refractivity contribution >= 4 is 39.7 Å². The molecule has 1 aromatic heterocycles. The lowest BCUT2D eigenvalue weighted by molar-refractivity contribution is 0.897. The number of hydrogen-bond donors (Lipinski definition) is 1. The van der Waals surface area contributed by atoms with Gasteiger partial charge in [-0.1, -0.05) is 35.3 Å². The average Bonchev–Trinajstić information content (AvgIpc) is 2.69. The van der Waals surface area contributed by atoms with Gasteiger partial charge in [0.05, 0.1) is 15.7 Å². The topological polar surface area (TPSA) is 24.9 Å².